The van der Waals surface area contributed by atoms with Crippen molar-refractivity contribution in [1.82, 2.24) is 0 Å². The molecule has 0 unspecified atom stereocenters. The average Bonchev–Trinajstić information content (AvgIpc) is 2.93. The van der Waals surface area contributed by atoms with Crippen LogP contribution in [0.4, 0.5) is 5.00 Å². The zero-order valence-corrected chi connectivity index (χ0v) is 16.8. The summed E-state index contributed by atoms with van der Waals surface area (Å²) in [5.41, 5.74) is 1.18. The third kappa shape index (κ3) is 5.13. The van der Waals surface area contributed by atoms with Crippen LogP contribution in [0.1, 0.15) is 27.7 Å². The van der Waals surface area contributed by atoms with Gasteiger partial charge in [-0.15, -0.1) is 11.3 Å². The van der Waals surface area contributed by atoms with Crippen LogP contribution in [-0.2, 0) is 9.53 Å². The molecule has 1 amide bonds. The second-order valence-electron chi connectivity index (χ2n) is 5.59. The maximum Gasteiger partial charge on any atom is 0.341 e. The molecule has 1 aromatic heterocycles. The number of rotatable bonds is 8. The highest BCUT2D eigenvalue weighted by Gasteiger charge is 2.22. The van der Waals surface area contributed by atoms with Gasteiger partial charge in [0.25, 0.3) is 5.91 Å². The number of amides is 1. The maximum absolute atomic E-state index is 12.3. The zero-order valence-electron chi connectivity index (χ0n) is 16.0. The summed E-state index contributed by atoms with van der Waals surface area (Å²) < 4.78 is 20.9. The van der Waals surface area contributed by atoms with Gasteiger partial charge < -0.3 is 24.3 Å². The Bertz CT molecular complexity index is 808. The third-order valence-corrected chi connectivity index (χ3v) is 4.94. The number of carbonyl (C=O) groups is 2. The fourth-order valence-electron chi connectivity index (χ4n) is 2.34. The molecule has 27 heavy (non-hydrogen) atoms. The second-order valence-corrected chi connectivity index (χ2v) is 6.82. The van der Waals surface area contributed by atoms with Crippen molar-refractivity contribution >= 4 is 28.2 Å². The van der Waals surface area contributed by atoms with Crippen LogP contribution in [0.5, 0.6) is 17.2 Å². The van der Waals surface area contributed by atoms with E-state index in [4.69, 9.17) is 18.9 Å². The predicted octanol–water partition coefficient (Wildman–Crippen LogP) is 3.58. The summed E-state index contributed by atoms with van der Waals surface area (Å²) in [6, 6.07) is 5.01. The van der Waals surface area contributed by atoms with Gasteiger partial charge in [0.2, 0.25) is 0 Å². The lowest BCUT2D eigenvalue weighted by atomic mass is 10.1. The Morgan fingerprint density at radius 2 is 1.63 bits per heavy atom. The van der Waals surface area contributed by atoms with Crippen molar-refractivity contribution in [2.75, 3.05) is 32.8 Å². The molecule has 2 rings (SSSR count). The highest BCUT2D eigenvalue weighted by molar-refractivity contribution is 7.16. The molecule has 0 aliphatic rings. The zero-order chi connectivity index (χ0) is 20.0. The van der Waals surface area contributed by atoms with Crippen LogP contribution >= 0.6 is 11.3 Å². The Kier molecular flexibility index (Phi) is 7.06. The van der Waals surface area contributed by atoms with Gasteiger partial charge in [-0.1, -0.05) is 0 Å². The first-order valence-corrected chi connectivity index (χ1v) is 9.14. The van der Waals surface area contributed by atoms with Crippen molar-refractivity contribution < 1.29 is 28.5 Å². The molecular formula is C19H23NO6S. The first-order chi connectivity index (χ1) is 12.9. The molecule has 0 saturated carbocycles. The van der Waals surface area contributed by atoms with Gasteiger partial charge in [-0.05, 0) is 26.3 Å². The molecule has 0 aliphatic heterocycles. The summed E-state index contributed by atoms with van der Waals surface area (Å²) >= 11 is 1.33. The average molecular weight is 393 g/mol. The van der Waals surface area contributed by atoms with Crippen LogP contribution in [0, 0.1) is 13.8 Å². The number of anilines is 1. The number of nitrogens with one attached hydrogen (secondary N) is 1. The van der Waals surface area contributed by atoms with Gasteiger partial charge in [0.05, 0.1) is 26.4 Å². The van der Waals surface area contributed by atoms with Crippen molar-refractivity contribution in [3.63, 3.8) is 0 Å². The van der Waals surface area contributed by atoms with Gasteiger partial charge in [-0.25, -0.2) is 4.79 Å². The molecule has 1 N–H and O–H groups in total. The summed E-state index contributed by atoms with van der Waals surface area (Å²) in [6.45, 7) is 5.49. The smallest absolute Gasteiger partial charge is 0.341 e. The molecule has 0 radical (unpaired) electrons. The lowest BCUT2D eigenvalue weighted by Gasteiger charge is -2.11. The van der Waals surface area contributed by atoms with Gasteiger partial charge in [-0.2, -0.15) is 0 Å². The van der Waals surface area contributed by atoms with E-state index in [1.807, 2.05) is 13.8 Å². The number of hydrogen-bond donors (Lipinski definition) is 1. The minimum Gasteiger partial charge on any atom is -0.496 e. The quantitative estimate of drug-likeness (QED) is 0.690. The molecule has 0 bridgehead atoms. The maximum atomic E-state index is 12.3. The van der Waals surface area contributed by atoms with Crippen LogP contribution in [0.2, 0.25) is 0 Å². The van der Waals surface area contributed by atoms with E-state index < -0.39 is 5.97 Å². The highest BCUT2D eigenvalue weighted by Crippen LogP contribution is 2.33. The first kappa shape index (κ1) is 20.6. The van der Waals surface area contributed by atoms with Crippen LogP contribution in [0.3, 0.4) is 0 Å². The molecule has 2 aromatic rings. The minimum atomic E-state index is -0.451. The molecule has 0 atom stereocenters. The van der Waals surface area contributed by atoms with Crippen LogP contribution in [-0.4, -0.2) is 39.3 Å². The number of ether oxygens (including phenoxy) is 4. The fourth-order valence-corrected chi connectivity index (χ4v) is 3.41. The van der Waals surface area contributed by atoms with Crippen LogP contribution in [0.15, 0.2) is 18.2 Å². The van der Waals surface area contributed by atoms with E-state index in [1.54, 1.807) is 25.1 Å². The van der Waals surface area contributed by atoms with E-state index in [-0.39, 0.29) is 19.1 Å². The Labute approximate surface area is 162 Å². The minimum absolute atomic E-state index is 0.228. The van der Waals surface area contributed by atoms with Crippen molar-refractivity contribution in [2.24, 2.45) is 0 Å². The summed E-state index contributed by atoms with van der Waals surface area (Å²) in [5, 5.41) is 3.19. The van der Waals surface area contributed by atoms with E-state index in [0.29, 0.717) is 27.8 Å². The Morgan fingerprint density at radius 3 is 2.19 bits per heavy atom. The molecular weight excluding hydrogens is 370 g/mol. The monoisotopic (exact) mass is 393 g/mol. The number of benzene rings is 1. The van der Waals surface area contributed by atoms with Crippen molar-refractivity contribution in [3.8, 4) is 17.2 Å². The molecule has 146 valence electrons. The Hall–Kier alpha value is -2.74. The van der Waals surface area contributed by atoms with E-state index in [9.17, 15) is 9.59 Å². The normalized spacial score (nSPS) is 10.3. The molecule has 7 nitrogen and oxygen atoms in total. The molecule has 8 heteroatoms. The number of methoxy groups -OCH3 is 2. The van der Waals surface area contributed by atoms with E-state index in [0.717, 1.165) is 10.4 Å². The standard InChI is InChI=1S/C19H23NO6S/c1-6-25-19(22)17-11(2)12(3)27-18(17)20-16(21)10-26-15-8-13(23-4)7-14(9-15)24-5/h7-9H,6,10H2,1-5H3,(H,20,21). The number of thiophene rings is 1. The SMILES string of the molecule is CCOC(=O)c1c(NC(=O)COc2cc(OC)cc(OC)c2)sc(C)c1C. The van der Waals surface area contributed by atoms with Crippen molar-refractivity contribution in [3.05, 3.63) is 34.2 Å². The number of esters is 1. The van der Waals surface area contributed by atoms with E-state index in [2.05, 4.69) is 5.32 Å². The lowest BCUT2D eigenvalue weighted by Crippen LogP contribution is -2.21. The topological polar surface area (TPSA) is 83.1 Å². The number of aryl methyl sites for hydroxylation is 1. The highest BCUT2D eigenvalue weighted by atomic mass is 32.1. The number of carbonyl (C=O) groups excluding carboxylic acids is 2. The summed E-state index contributed by atoms with van der Waals surface area (Å²) in [6.07, 6.45) is 0. The lowest BCUT2D eigenvalue weighted by molar-refractivity contribution is -0.118. The van der Waals surface area contributed by atoms with Gasteiger partial charge in [0, 0.05) is 23.1 Å². The van der Waals surface area contributed by atoms with E-state index >= 15 is 0 Å². The van der Waals surface area contributed by atoms with Gasteiger partial charge in [0.15, 0.2) is 6.61 Å². The van der Waals surface area contributed by atoms with Crippen molar-refractivity contribution in [2.45, 2.75) is 20.8 Å². The largest absolute Gasteiger partial charge is 0.496 e. The van der Waals surface area contributed by atoms with Gasteiger partial charge in [-0.3, -0.25) is 4.79 Å². The molecule has 0 saturated heterocycles. The summed E-state index contributed by atoms with van der Waals surface area (Å²) in [4.78, 5) is 25.4. The van der Waals surface area contributed by atoms with Gasteiger partial charge >= 0.3 is 5.97 Å². The van der Waals surface area contributed by atoms with Gasteiger partial charge in [0.1, 0.15) is 22.2 Å². The summed E-state index contributed by atoms with van der Waals surface area (Å²) in [7, 11) is 3.06. The van der Waals surface area contributed by atoms with Crippen LogP contribution in [0.25, 0.3) is 0 Å². The number of hydrogen-bond acceptors (Lipinski definition) is 7. The molecule has 0 aliphatic carbocycles. The predicted molar refractivity (Wildman–Crippen MR) is 103 cm³/mol. The summed E-state index contributed by atoms with van der Waals surface area (Å²) in [5.74, 6) is 0.708. The fraction of sp³-hybridized carbons (Fsp3) is 0.368. The van der Waals surface area contributed by atoms with E-state index in [1.165, 1.54) is 25.6 Å². The molecule has 1 aromatic carbocycles. The second kappa shape index (κ2) is 9.27. The third-order valence-electron chi connectivity index (χ3n) is 3.81. The van der Waals surface area contributed by atoms with Crippen LogP contribution < -0.4 is 19.5 Å². The first-order valence-electron chi connectivity index (χ1n) is 8.32. The van der Waals surface area contributed by atoms with Crippen molar-refractivity contribution in [1.29, 1.82) is 0 Å². The Balaban J connectivity index is 2.09. The molecule has 0 fully saturated rings. The molecule has 1 heterocycles. The Morgan fingerprint density at radius 1 is 1.04 bits per heavy atom. The molecule has 0 spiro atoms.